The SMILES string of the molecule is C[C@H](O)CN[C@@H](c1cc(F)cc(C(F)(F)F)c1)c1ccc(Cl)cn1. The summed E-state index contributed by atoms with van der Waals surface area (Å²) >= 11 is 5.77. The first-order valence-electron chi connectivity index (χ1n) is 7.07. The van der Waals surface area contributed by atoms with Gasteiger partial charge in [0.1, 0.15) is 5.82 Å². The molecule has 0 amide bonds. The summed E-state index contributed by atoms with van der Waals surface area (Å²) in [6.07, 6.45) is -4.06. The first-order valence-corrected chi connectivity index (χ1v) is 7.45. The van der Waals surface area contributed by atoms with E-state index in [1.165, 1.54) is 25.3 Å². The maximum Gasteiger partial charge on any atom is 0.416 e. The molecular formula is C16H15ClF4N2O. The normalized spacial score (nSPS) is 14.5. The summed E-state index contributed by atoms with van der Waals surface area (Å²) < 4.78 is 52.4. The lowest BCUT2D eigenvalue weighted by Gasteiger charge is -2.21. The van der Waals surface area contributed by atoms with Crippen molar-refractivity contribution < 1.29 is 22.7 Å². The first kappa shape index (κ1) is 18.6. The molecule has 0 fully saturated rings. The van der Waals surface area contributed by atoms with Gasteiger partial charge in [-0.2, -0.15) is 13.2 Å². The van der Waals surface area contributed by atoms with Crippen LogP contribution < -0.4 is 5.32 Å². The van der Waals surface area contributed by atoms with Crippen molar-refractivity contribution >= 4 is 11.6 Å². The van der Waals surface area contributed by atoms with Crippen LogP contribution in [0.5, 0.6) is 0 Å². The second-order valence-electron chi connectivity index (χ2n) is 5.36. The largest absolute Gasteiger partial charge is 0.416 e. The summed E-state index contributed by atoms with van der Waals surface area (Å²) in [6.45, 7) is 1.61. The van der Waals surface area contributed by atoms with Crippen LogP contribution in [0.2, 0.25) is 5.02 Å². The molecule has 0 unspecified atom stereocenters. The predicted octanol–water partition coefficient (Wildman–Crippen LogP) is 3.95. The third-order valence-electron chi connectivity index (χ3n) is 3.24. The molecule has 0 aliphatic heterocycles. The second kappa shape index (κ2) is 7.46. The number of alkyl halides is 3. The van der Waals surface area contributed by atoms with Crippen LogP contribution in [0.1, 0.15) is 29.8 Å². The van der Waals surface area contributed by atoms with Crippen molar-refractivity contribution in [3.63, 3.8) is 0 Å². The van der Waals surface area contributed by atoms with Gasteiger partial charge in [0.2, 0.25) is 0 Å². The van der Waals surface area contributed by atoms with E-state index in [1.807, 2.05) is 0 Å². The summed E-state index contributed by atoms with van der Waals surface area (Å²) in [7, 11) is 0. The number of halogens is 5. The van der Waals surface area contributed by atoms with Gasteiger partial charge in [-0.3, -0.25) is 4.98 Å². The number of rotatable bonds is 5. The number of pyridine rings is 1. The van der Waals surface area contributed by atoms with E-state index in [2.05, 4.69) is 10.3 Å². The first-order chi connectivity index (χ1) is 11.2. The van der Waals surface area contributed by atoms with E-state index in [0.717, 1.165) is 12.1 Å². The highest BCUT2D eigenvalue weighted by molar-refractivity contribution is 6.30. The Bertz CT molecular complexity index is 689. The summed E-state index contributed by atoms with van der Waals surface area (Å²) in [5, 5.41) is 12.7. The van der Waals surface area contributed by atoms with E-state index < -0.39 is 29.7 Å². The number of nitrogens with one attached hydrogen (secondary N) is 1. The van der Waals surface area contributed by atoms with Crippen molar-refractivity contribution in [1.82, 2.24) is 10.3 Å². The van der Waals surface area contributed by atoms with Gasteiger partial charge < -0.3 is 10.4 Å². The number of aliphatic hydroxyl groups is 1. The topological polar surface area (TPSA) is 45.1 Å². The molecule has 1 heterocycles. The molecule has 0 aliphatic rings. The van der Waals surface area contributed by atoms with Crippen LogP contribution >= 0.6 is 11.6 Å². The molecule has 2 N–H and O–H groups in total. The summed E-state index contributed by atoms with van der Waals surface area (Å²) in [5.41, 5.74) is -0.674. The van der Waals surface area contributed by atoms with Crippen molar-refractivity contribution in [3.8, 4) is 0 Å². The number of hydrogen-bond acceptors (Lipinski definition) is 3. The van der Waals surface area contributed by atoms with E-state index in [-0.39, 0.29) is 12.1 Å². The molecule has 130 valence electrons. The van der Waals surface area contributed by atoms with Gasteiger partial charge in [-0.25, -0.2) is 4.39 Å². The quantitative estimate of drug-likeness (QED) is 0.792. The zero-order chi connectivity index (χ0) is 17.9. The van der Waals surface area contributed by atoms with Gasteiger partial charge in [-0.1, -0.05) is 11.6 Å². The van der Waals surface area contributed by atoms with Gasteiger partial charge >= 0.3 is 6.18 Å². The summed E-state index contributed by atoms with van der Waals surface area (Å²) in [5.74, 6) is -1.00. The fourth-order valence-corrected chi connectivity index (χ4v) is 2.29. The fraction of sp³-hybridized carbons (Fsp3) is 0.312. The zero-order valence-electron chi connectivity index (χ0n) is 12.6. The summed E-state index contributed by atoms with van der Waals surface area (Å²) in [6, 6.07) is 4.54. The Morgan fingerprint density at radius 3 is 2.50 bits per heavy atom. The van der Waals surface area contributed by atoms with Crippen molar-refractivity contribution in [2.75, 3.05) is 6.54 Å². The van der Waals surface area contributed by atoms with E-state index in [1.54, 1.807) is 0 Å². The molecule has 0 radical (unpaired) electrons. The second-order valence-corrected chi connectivity index (χ2v) is 5.80. The predicted molar refractivity (Wildman–Crippen MR) is 82.2 cm³/mol. The average Bonchev–Trinajstić information content (AvgIpc) is 2.47. The molecule has 24 heavy (non-hydrogen) atoms. The standard InChI is InChI=1S/C16H15ClF4N2O/c1-9(24)7-23-15(14-3-2-12(17)8-22-14)10-4-11(16(19,20)21)6-13(18)5-10/h2-6,8-9,15,23-24H,7H2,1H3/t9-,15-/m0/s1. The molecule has 1 aromatic carbocycles. The van der Waals surface area contributed by atoms with Crippen LogP contribution in [0.3, 0.4) is 0 Å². The Kier molecular flexibility index (Phi) is 5.79. The van der Waals surface area contributed by atoms with Gasteiger partial charge in [0.25, 0.3) is 0 Å². The van der Waals surface area contributed by atoms with Crippen LogP contribution in [-0.4, -0.2) is 22.7 Å². The maximum absolute atomic E-state index is 13.7. The van der Waals surface area contributed by atoms with Crippen LogP contribution in [0, 0.1) is 5.82 Å². The Balaban J connectivity index is 2.46. The highest BCUT2D eigenvalue weighted by Gasteiger charge is 2.32. The minimum Gasteiger partial charge on any atom is -0.392 e. The van der Waals surface area contributed by atoms with Crippen LogP contribution in [0.25, 0.3) is 0 Å². The molecule has 0 saturated heterocycles. The Hall–Kier alpha value is -1.70. The van der Waals surface area contributed by atoms with Crippen LogP contribution in [-0.2, 0) is 6.18 Å². The molecule has 0 saturated carbocycles. The Morgan fingerprint density at radius 1 is 1.25 bits per heavy atom. The number of aliphatic hydroxyl groups excluding tert-OH is 1. The van der Waals surface area contributed by atoms with Crippen LogP contribution in [0.15, 0.2) is 36.5 Å². The molecule has 2 aromatic rings. The minimum absolute atomic E-state index is 0.0535. The van der Waals surface area contributed by atoms with Gasteiger partial charge in [-0.15, -0.1) is 0 Å². The van der Waals surface area contributed by atoms with E-state index in [9.17, 15) is 22.7 Å². The minimum atomic E-state index is -4.67. The number of benzene rings is 1. The molecule has 2 rings (SSSR count). The molecule has 1 aromatic heterocycles. The smallest absolute Gasteiger partial charge is 0.392 e. The maximum atomic E-state index is 13.7. The van der Waals surface area contributed by atoms with E-state index in [4.69, 9.17) is 11.6 Å². The van der Waals surface area contributed by atoms with E-state index in [0.29, 0.717) is 16.8 Å². The van der Waals surface area contributed by atoms with Gasteiger partial charge in [-0.05, 0) is 42.8 Å². The average molecular weight is 363 g/mol. The van der Waals surface area contributed by atoms with Crippen molar-refractivity contribution in [3.05, 3.63) is 64.2 Å². The Morgan fingerprint density at radius 2 is 1.96 bits per heavy atom. The third-order valence-corrected chi connectivity index (χ3v) is 3.47. The van der Waals surface area contributed by atoms with Gasteiger partial charge in [0.15, 0.2) is 0 Å². The van der Waals surface area contributed by atoms with Crippen LogP contribution in [0.4, 0.5) is 17.6 Å². The highest BCUT2D eigenvalue weighted by Crippen LogP contribution is 2.33. The lowest BCUT2D eigenvalue weighted by Crippen LogP contribution is -2.30. The fourth-order valence-electron chi connectivity index (χ4n) is 2.18. The molecule has 0 bridgehead atoms. The van der Waals surface area contributed by atoms with E-state index >= 15 is 0 Å². The Labute approximate surface area is 141 Å². The summed E-state index contributed by atoms with van der Waals surface area (Å²) in [4.78, 5) is 4.07. The number of nitrogens with zero attached hydrogens (tertiary/aromatic N) is 1. The van der Waals surface area contributed by atoms with Crippen molar-refractivity contribution in [2.24, 2.45) is 0 Å². The third kappa shape index (κ3) is 4.90. The molecule has 8 heteroatoms. The van der Waals surface area contributed by atoms with Gasteiger partial charge in [0.05, 0.1) is 28.4 Å². The monoisotopic (exact) mass is 362 g/mol. The number of aromatic nitrogens is 1. The van der Waals surface area contributed by atoms with Gasteiger partial charge in [0, 0.05) is 12.7 Å². The molecule has 0 spiro atoms. The molecule has 2 atom stereocenters. The lowest BCUT2D eigenvalue weighted by molar-refractivity contribution is -0.137. The molecule has 0 aliphatic carbocycles. The van der Waals surface area contributed by atoms with Crippen molar-refractivity contribution in [2.45, 2.75) is 25.2 Å². The molecular weight excluding hydrogens is 348 g/mol. The molecule has 3 nitrogen and oxygen atoms in total. The van der Waals surface area contributed by atoms with Crippen molar-refractivity contribution in [1.29, 1.82) is 0 Å². The zero-order valence-corrected chi connectivity index (χ0v) is 13.4. The highest BCUT2D eigenvalue weighted by atomic mass is 35.5. The number of hydrogen-bond donors (Lipinski definition) is 2. The lowest BCUT2D eigenvalue weighted by atomic mass is 10.00.